The number of amides is 1. The van der Waals surface area contributed by atoms with Crippen LogP contribution in [0.25, 0.3) is 22.2 Å². The SMILES string of the molecule is COc1ccc(-c2cc3ncccc3c(OC[C@H]3CCC(=O)N3C)n2)cc1OC. The van der Waals surface area contributed by atoms with Crippen LogP contribution in [0.2, 0.25) is 0 Å². The van der Waals surface area contributed by atoms with Gasteiger partial charge in [0.05, 0.1) is 36.9 Å². The molecule has 0 bridgehead atoms. The number of pyridine rings is 2. The van der Waals surface area contributed by atoms with Crippen molar-refractivity contribution in [1.29, 1.82) is 0 Å². The molecule has 7 heteroatoms. The number of fused-ring (bicyclic) bond motifs is 1. The van der Waals surface area contributed by atoms with Crippen LogP contribution in [-0.4, -0.2) is 54.7 Å². The molecule has 0 saturated carbocycles. The molecule has 0 N–H and O–H groups in total. The molecule has 3 heterocycles. The van der Waals surface area contributed by atoms with E-state index in [0.717, 1.165) is 28.6 Å². The lowest BCUT2D eigenvalue weighted by molar-refractivity contribution is -0.127. The van der Waals surface area contributed by atoms with Crippen LogP contribution in [0.3, 0.4) is 0 Å². The molecule has 1 aliphatic heterocycles. The van der Waals surface area contributed by atoms with E-state index < -0.39 is 0 Å². The van der Waals surface area contributed by atoms with Gasteiger partial charge in [-0.25, -0.2) is 4.98 Å². The molecule has 1 fully saturated rings. The Labute approximate surface area is 169 Å². The molecule has 1 saturated heterocycles. The highest BCUT2D eigenvalue weighted by Gasteiger charge is 2.28. The lowest BCUT2D eigenvalue weighted by Crippen LogP contribution is -2.33. The van der Waals surface area contributed by atoms with E-state index in [9.17, 15) is 4.79 Å². The van der Waals surface area contributed by atoms with E-state index in [1.54, 1.807) is 25.3 Å². The maximum absolute atomic E-state index is 11.8. The second-order valence-electron chi connectivity index (χ2n) is 6.96. The summed E-state index contributed by atoms with van der Waals surface area (Å²) in [7, 11) is 5.02. The number of hydrogen-bond acceptors (Lipinski definition) is 6. The highest BCUT2D eigenvalue weighted by molar-refractivity contribution is 5.87. The zero-order valence-electron chi connectivity index (χ0n) is 16.7. The van der Waals surface area contributed by atoms with E-state index >= 15 is 0 Å². The summed E-state index contributed by atoms with van der Waals surface area (Å²) in [6.45, 7) is 0.397. The second-order valence-corrected chi connectivity index (χ2v) is 6.96. The average Bonchev–Trinajstić information content (AvgIpc) is 3.08. The predicted molar refractivity (Wildman–Crippen MR) is 109 cm³/mol. The number of benzene rings is 1. The monoisotopic (exact) mass is 393 g/mol. The minimum Gasteiger partial charge on any atom is -0.493 e. The van der Waals surface area contributed by atoms with Crippen molar-refractivity contribution >= 4 is 16.8 Å². The number of carbonyl (C=O) groups excluding carboxylic acids is 1. The van der Waals surface area contributed by atoms with E-state index in [2.05, 4.69) is 4.98 Å². The Balaban J connectivity index is 1.70. The first-order valence-electron chi connectivity index (χ1n) is 9.47. The van der Waals surface area contributed by atoms with Gasteiger partial charge in [-0.1, -0.05) is 0 Å². The van der Waals surface area contributed by atoms with Crippen molar-refractivity contribution in [3.8, 4) is 28.6 Å². The van der Waals surface area contributed by atoms with Gasteiger partial charge in [-0.3, -0.25) is 9.78 Å². The van der Waals surface area contributed by atoms with Gasteiger partial charge in [0.15, 0.2) is 11.5 Å². The Kier molecular flexibility index (Phi) is 5.20. The molecule has 2 aromatic heterocycles. The van der Waals surface area contributed by atoms with E-state index in [-0.39, 0.29) is 11.9 Å². The second kappa shape index (κ2) is 7.95. The smallest absolute Gasteiger partial charge is 0.223 e. The van der Waals surface area contributed by atoms with Crippen molar-refractivity contribution in [1.82, 2.24) is 14.9 Å². The third-order valence-electron chi connectivity index (χ3n) is 5.29. The first kappa shape index (κ1) is 19.0. The molecule has 1 amide bonds. The highest BCUT2D eigenvalue weighted by atomic mass is 16.5. The Morgan fingerprint density at radius 2 is 1.97 bits per heavy atom. The number of carbonyl (C=O) groups is 1. The van der Waals surface area contributed by atoms with Gasteiger partial charge in [0.2, 0.25) is 11.8 Å². The summed E-state index contributed by atoms with van der Waals surface area (Å²) in [5.74, 6) is 1.94. The van der Waals surface area contributed by atoms with Gasteiger partial charge >= 0.3 is 0 Å². The molecule has 3 aromatic rings. The molecular weight excluding hydrogens is 370 g/mol. The number of ether oxygens (including phenoxy) is 3. The van der Waals surface area contributed by atoms with Crippen molar-refractivity contribution < 1.29 is 19.0 Å². The maximum atomic E-state index is 11.8. The van der Waals surface area contributed by atoms with Crippen LogP contribution in [0.1, 0.15) is 12.8 Å². The van der Waals surface area contributed by atoms with Gasteiger partial charge in [0.25, 0.3) is 0 Å². The van der Waals surface area contributed by atoms with Crippen molar-refractivity contribution in [3.63, 3.8) is 0 Å². The summed E-state index contributed by atoms with van der Waals surface area (Å²) in [6.07, 6.45) is 3.10. The van der Waals surface area contributed by atoms with Crippen LogP contribution in [0.4, 0.5) is 0 Å². The molecule has 0 radical (unpaired) electrons. The summed E-state index contributed by atoms with van der Waals surface area (Å²) in [4.78, 5) is 22.7. The van der Waals surface area contributed by atoms with Crippen molar-refractivity contribution in [2.24, 2.45) is 0 Å². The number of likely N-dealkylation sites (tertiary alicyclic amines) is 1. The Bertz CT molecular complexity index is 1050. The number of aromatic nitrogens is 2. The summed E-state index contributed by atoms with van der Waals surface area (Å²) in [6, 6.07) is 11.4. The zero-order chi connectivity index (χ0) is 20.4. The largest absolute Gasteiger partial charge is 0.493 e. The van der Waals surface area contributed by atoms with Crippen LogP contribution in [0.5, 0.6) is 17.4 Å². The van der Waals surface area contributed by atoms with Crippen LogP contribution in [0, 0.1) is 0 Å². The van der Waals surface area contributed by atoms with E-state index in [4.69, 9.17) is 19.2 Å². The van der Waals surface area contributed by atoms with Crippen LogP contribution in [-0.2, 0) is 4.79 Å². The fraction of sp³-hybridized carbons (Fsp3) is 0.318. The topological polar surface area (TPSA) is 73.8 Å². The fourth-order valence-electron chi connectivity index (χ4n) is 3.53. The van der Waals surface area contributed by atoms with Gasteiger partial charge in [-0.05, 0) is 42.8 Å². The molecule has 150 valence electrons. The lowest BCUT2D eigenvalue weighted by atomic mass is 10.1. The van der Waals surface area contributed by atoms with Gasteiger partial charge in [0.1, 0.15) is 6.61 Å². The molecular formula is C22H23N3O4. The standard InChI is InChI=1S/C22H23N3O4/c1-25-15(7-9-21(25)26)13-29-22-16-5-4-10-23-18(16)12-17(24-22)14-6-8-19(27-2)20(11-14)28-3/h4-6,8,10-12,15H,7,9,13H2,1-3H3/t15-/m1/s1. The van der Waals surface area contributed by atoms with E-state index in [1.807, 2.05) is 43.4 Å². The number of likely N-dealkylation sites (N-methyl/N-ethyl adjacent to an activating group) is 1. The van der Waals surface area contributed by atoms with Crippen LogP contribution in [0.15, 0.2) is 42.6 Å². The molecule has 1 atom stereocenters. The number of hydrogen-bond donors (Lipinski definition) is 0. The summed E-state index contributed by atoms with van der Waals surface area (Å²) >= 11 is 0. The van der Waals surface area contributed by atoms with Gasteiger partial charge in [-0.2, -0.15) is 0 Å². The molecule has 1 aliphatic rings. The van der Waals surface area contributed by atoms with Gasteiger partial charge in [-0.15, -0.1) is 0 Å². The predicted octanol–water partition coefficient (Wildman–Crippen LogP) is 3.31. The quantitative estimate of drug-likeness (QED) is 0.640. The third kappa shape index (κ3) is 3.68. The number of rotatable bonds is 6. The Hall–Kier alpha value is -3.35. The Morgan fingerprint density at radius 1 is 1.14 bits per heavy atom. The molecule has 0 spiro atoms. The maximum Gasteiger partial charge on any atom is 0.223 e. The average molecular weight is 393 g/mol. The normalized spacial score (nSPS) is 16.3. The number of methoxy groups -OCH3 is 2. The van der Waals surface area contributed by atoms with Crippen molar-refractivity contribution in [2.45, 2.75) is 18.9 Å². The molecule has 7 nitrogen and oxygen atoms in total. The first-order chi connectivity index (χ1) is 14.1. The van der Waals surface area contributed by atoms with E-state index in [1.165, 1.54) is 0 Å². The lowest BCUT2D eigenvalue weighted by Gasteiger charge is -2.20. The van der Waals surface area contributed by atoms with Crippen molar-refractivity contribution in [2.75, 3.05) is 27.9 Å². The van der Waals surface area contributed by atoms with Crippen LogP contribution < -0.4 is 14.2 Å². The van der Waals surface area contributed by atoms with Gasteiger partial charge in [0, 0.05) is 25.2 Å². The summed E-state index contributed by atoms with van der Waals surface area (Å²) in [5, 5.41) is 0.837. The zero-order valence-corrected chi connectivity index (χ0v) is 16.7. The molecule has 1 aromatic carbocycles. The van der Waals surface area contributed by atoms with Crippen molar-refractivity contribution in [3.05, 3.63) is 42.6 Å². The molecule has 0 unspecified atom stereocenters. The van der Waals surface area contributed by atoms with Gasteiger partial charge < -0.3 is 19.1 Å². The minimum absolute atomic E-state index is 0.0563. The Morgan fingerprint density at radius 3 is 2.69 bits per heavy atom. The minimum atomic E-state index is 0.0563. The molecule has 4 rings (SSSR count). The molecule has 29 heavy (non-hydrogen) atoms. The fourth-order valence-corrected chi connectivity index (χ4v) is 3.53. The summed E-state index contributed by atoms with van der Waals surface area (Å²) < 4.78 is 16.8. The molecule has 0 aliphatic carbocycles. The number of nitrogens with zero attached hydrogens (tertiary/aromatic N) is 3. The summed E-state index contributed by atoms with van der Waals surface area (Å²) in [5.41, 5.74) is 2.38. The van der Waals surface area contributed by atoms with E-state index in [0.29, 0.717) is 30.4 Å². The van der Waals surface area contributed by atoms with Crippen LogP contribution >= 0.6 is 0 Å². The highest BCUT2D eigenvalue weighted by Crippen LogP contribution is 2.34. The third-order valence-corrected chi connectivity index (χ3v) is 5.29. The first-order valence-corrected chi connectivity index (χ1v) is 9.47.